The zero-order valence-corrected chi connectivity index (χ0v) is 11.9. The summed E-state index contributed by atoms with van der Waals surface area (Å²) in [5.74, 6) is 0. The minimum absolute atomic E-state index is 0.631. The third kappa shape index (κ3) is 2.59. The fourth-order valence-corrected chi connectivity index (χ4v) is 4.27. The van der Waals surface area contributed by atoms with Crippen molar-refractivity contribution in [1.82, 2.24) is 10.2 Å². The molecule has 0 aromatic carbocycles. The molecule has 2 atom stereocenters. The zero-order chi connectivity index (χ0) is 12.5. The average Bonchev–Trinajstić information content (AvgIpc) is 2.60. The maximum atomic E-state index is 5.70. The summed E-state index contributed by atoms with van der Waals surface area (Å²) in [7, 11) is 0. The molecule has 3 rings (SSSR count). The molecule has 3 aliphatic rings. The summed E-state index contributed by atoms with van der Waals surface area (Å²) in [6, 6.07) is 3.72. The molecule has 1 saturated carbocycles. The van der Waals surface area contributed by atoms with E-state index in [0.717, 1.165) is 37.4 Å². The number of fused-ring (bicyclic) bond motifs is 2. The van der Waals surface area contributed by atoms with Crippen LogP contribution in [0.5, 0.6) is 0 Å². The van der Waals surface area contributed by atoms with Gasteiger partial charge in [0, 0.05) is 30.2 Å². The van der Waals surface area contributed by atoms with Crippen LogP contribution in [0.2, 0.25) is 0 Å². The highest BCUT2D eigenvalue weighted by Gasteiger charge is 2.41. The van der Waals surface area contributed by atoms with E-state index in [4.69, 9.17) is 4.74 Å². The molecule has 104 valence electrons. The first-order valence-electron chi connectivity index (χ1n) is 7.85. The van der Waals surface area contributed by atoms with Crippen LogP contribution in [0.3, 0.4) is 0 Å². The van der Waals surface area contributed by atoms with Crippen LogP contribution < -0.4 is 5.32 Å². The van der Waals surface area contributed by atoms with Crippen LogP contribution in [-0.2, 0) is 4.74 Å². The maximum absolute atomic E-state index is 5.70. The summed E-state index contributed by atoms with van der Waals surface area (Å²) < 4.78 is 5.70. The zero-order valence-electron chi connectivity index (χ0n) is 11.9. The predicted molar refractivity (Wildman–Crippen MR) is 73.8 cm³/mol. The van der Waals surface area contributed by atoms with Gasteiger partial charge in [0.05, 0.1) is 13.2 Å². The Balaban J connectivity index is 1.53. The van der Waals surface area contributed by atoms with E-state index in [1.807, 2.05) is 0 Å². The average molecular weight is 252 g/mol. The Morgan fingerprint density at radius 3 is 2.00 bits per heavy atom. The standard InChI is InChI=1S/C15H28N2O/c1-11(2)16-12-3-5-13(6-4-12)17-14-7-8-15(17)10-18-9-14/h11-16H,3-10H2,1-2H3. The number of nitrogens with one attached hydrogen (secondary N) is 1. The van der Waals surface area contributed by atoms with Gasteiger partial charge in [0.2, 0.25) is 0 Å². The van der Waals surface area contributed by atoms with E-state index in [-0.39, 0.29) is 0 Å². The van der Waals surface area contributed by atoms with Crippen molar-refractivity contribution in [3.63, 3.8) is 0 Å². The predicted octanol–water partition coefficient (Wildman–Crippen LogP) is 2.16. The Hall–Kier alpha value is -0.120. The molecule has 3 nitrogen and oxygen atoms in total. The van der Waals surface area contributed by atoms with Gasteiger partial charge in [0.25, 0.3) is 0 Å². The third-order valence-corrected chi connectivity index (χ3v) is 4.98. The molecule has 2 heterocycles. The number of ether oxygens (including phenoxy) is 1. The van der Waals surface area contributed by atoms with E-state index in [1.54, 1.807) is 0 Å². The SMILES string of the molecule is CC(C)NC1CCC(N2C3CCC2COC3)CC1. The topological polar surface area (TPSA) is 24.5 Å². The van der Waals surface area contributed by atoms with Crippen molar-refractivity contribution in [2.24, 2.45) is 0 Å². The van der Waals surface area contributed by atoms with Crippen LogP contribution in [0.1, 0.15) is 52.4 Å². The van der Waals surface area contributed by atoms with Gasteiger partial charge in [0.1, 0.15) is 0 Å². The molecule has 0 amide bonds. The molecule has 2 unspecified atom stereocenters. The van der Waals surface area contributed by atoms with Crippen LogP contribution in [0.15, 0.2) is 0 Å². The highest BCUT2D eigenvalue weighted by atomic mass is 16.5. The Kier molecular flexibility index (Phi) is 3.92. The van der Waals surface area contributed by atoms with E-state index >= 15 is 0 Å². The number of rotatable bonds is 3. The summed E-state index contributed by atoms with van der Waals surface area (Å²) in [5.41, 5.74) is 0. The largest absolute Gasteiger partial charge is 0.378 e. The Labute approximate surface area is 111 Å². The van der Waals surface area contributed by atoms with Crippen LogP contribution in [-0.4, -0.2) is 48.3 Å². The second-order valence-corrected chi connectivity index (χ2v) is 6.70. The summed E-state index contributed by atoms with van der Waals surface area (Å²) >= 11 is 0. The molecule has 3 fully saturated rings. The third-order valence-electron chi connectivity index (χ3n) is 4.98. The highest BCUT2D eigenvalue weighted by molar-refractivity contribution is 4.96. The van der Waals surface area contributed by atoms with Crippen LogP contribution in [0.4, 0.5) is 0 Å². The van der Waals surface area contributed by atoms with Gasteiger partial charge < -0.3 is 10.1 Å². The van der Waals surface area contributed by atoms with Crippen molar-refractivity contribution in [1.29, 1.82) is 0 Å². The molecule has 2 saturated heterocycles. The first kappa shape index (κ1) is 12.9. The fraction of sp³-hybridized carbons (Fsp3) is 1.00. The lowest BCUT2D eigenvalue weighted by Gasteiger charge is -2.43. The van der Waals surface area contributed by atoms with Crippen molar-refractivity contribution < 1.29 is 4.74 Å². The van der Waals surface area contributed by atoms with Gasteiger partial charge in [-0.15, -0.1) is 0 Å². The molecule has 2 aliphatic heterocycles. The fourth-order valence-electron chi connectivity index (χ4n) is 4.27. The quantitative estimate of drug-likeness (QED) is 0.833. The monoisotopic (exact) mass is 252 g/mol. The van der Waals surface area contributed by atoms with Crippen molar-refractivity contribution >= 4 is 0 Å². The molecule has 1 N–H and O–H groups in total. The highest BCUT2D eigenvalue weighted by Crippen LogP contribution is 2.35. The summed E-state index contributed by atoms with van der Waals surface area (Å²) in [6.45, 7) is 6.49. The van der Waals surface area contributed by atoms with E-state index in [0.29, 0.717) is 6.04 Å². The minimum atomic E-state index is 0.631. The lowest BCUT2D eigenvalue weighted by Crippen LogP contribution is -2.53. The molecule has 1 aliphatic carbocycles. The molecule has 2 bridgehead atoms. The summed E-state index contributed by atoms with van der Waals surface area (Å²) in [5, 5.41) is 3.70. The Morgan fingerprint density at radius 2 is 1.44 bits per heavy atom. The number of hydrogen-bond donors (Lipinski definition) is 1. The Bertz CT molecular complexity index is 258. The summed E-state index contributed by atoms with van der Waals surface area (Å²) in [4.78, 5) is 2.83. The molecular formula is C15H28N2O. The number of hydrogen-bond acceptors (Lipinski definition) is 3. The molecule has 0 spiro atoms. The van der Waals surface area contributed by atoms with Crippen LogP contribution in [0.25, 0.3) is 0 Å². The van der Waals surface area contributed by atoms with Crippen molar-refractivity contribution in [3.05, 3.63) is 0 Å². The Morgan fingerprint density at radius 1 is 0.889 bits per heavy atom. The molecule has 0 radical (unpaired) electrons. The van der Waals surface area contributed by atoms with Gasteiger partial charge >= 0.3 is 0 Å². The first-order valence-corrected chi connectivity index (χ1v) is 7.85. The van der Waals surface area contributed by atoms with E-state index in [2.05, 4.69) is 24.1 Å². The van der Waals surface area contributed by atoms with Crippen LogP contribution >= 0.6 is 0 Å². The lowest BCUT2D eigenvalue weighted by molar-refractivity contribution is -0.0448. The lowest BCUT2D eigenvalue weighted by atomic mass is 9.89. The molecule has 3 heteroatoms. The van der Waals surface area contributed by atoms with Gasteiger partial charge in [0.15, 0.2) is 0 Å². The van der Waals surface area contributed by atoms with Crippen LogP contribution in [0, 0.1) is 0 Å². The molecule has 18 heavy (non-hydrogen) atoms. The van der Waals surface area contributed by atoms with Gasteiger partial charge in [-0.25, -0.2) is 0 Å². The second-order valence-electron chi connectivity index (χ2n) is 6.70. The maximum Gasteiger partial charge on any atom is 0.0622 e. The number of nitrogens with zero attached hydrogens (tertiary/aromatic N) is 1. The van der Waals surface area contributed by atoms with Gasteiger partial charge in [-0.2, -0.15) is 0 Å². The van der Waals surface area contributed by atoms with Gasteiger partial charge in [-0.3, -0.25) is 4.90 Å². The van der Waals surface area contributed by atoms with Gasteiger partial charge in [-0.1, -0.05) is 13.8 Å². The second kappa shape index (κ2) is 5.48. The molecule has 0 aromatic heterocycles. The molecular weight excluding hydrogens is 224 g/mol. The number of morpholine rings is 1. The van der Waals surface area contributed by atoms with E-state index in [9.17, 15) is 0 Å². The summed E-state index contributed by atoms with van der Waals surface area (Å²) in [6.07, 6.45) is 8.23. The smallest absolute Gasteiger partial charge is 0.0622 e. The molecule has 0 aromatic rings. The van der Waals surface area contributed by atoms with E-state index < -0.39 is 0 Å². The van der Waals surface area contributed by atoms with Crippen molar-refractivity contribution in [2.45, 2.75) is 82.6 Å². The first-order chi connectivity index (χ1) is 8.74. The minimum Gasteiger partial charge on any atom is -0.378 e. The van der Waals surface area contributed by atoms with Crippen molar-refractivity contribution in [3.8, 4) is 0 Å². The van der Waals surface area contributed by atoms with Gasteiger partial charge in [-0.05, 0) is 38.5 Å². The normalized spacial score (nSPS) is 41.5. The van der Waals surface area contributed by atoms with E-state index in [1.165, 1.54) is 38.5 Å². The van der Waals surface area contributed by atoms with Crippen molar-refractivity contribution in [2.75, 3.05) is 13.2 Å².